The molecule has 1 aliphatic heterocycles. The van der Waals surface area contributed by atoms with E-state index in [4.69, 9.17) is 0 Å². The molecule has 0 aliphatic carbocycles. The van der Waals surface area contributed by atoms with Crippen molar-refractivity contribution in [2.75, 3.05) is 32.7 Å². The Kier molecular flexibility index (Phi) is 5.29. The Morgan fingerprint density at radius 1 is 1.11 bits per heavy atom. The van der Waals surface area contributed by atoms with Gasteiger partial charge in [0.15, 0.2) is 5.65 Å². The van der Waals surface area contributed by atoms with Crippen LogP contribution in [0.5, 0.6) is 0 Å². The fraction of sp³-hybridized carbons (Fsp3) is 0.227. The Morgan fingerprint density at radius 3 is 2.75 bits per heavy atom. The van der Waals surface area contributed by atoms with Gasteiger partial charge in [0.05, 0.1) is 24.0 Å². The number of pyridine rings is 1. The molecule has 6 nitrogen and oxygen atoms in total. The largest absolute Gasteiger partial charge is 0.314 e. The van der Waals surface area contributed by atoms with Crippen molar-refractivity contribution in [3.05, 3.63) is 60.8 Å². The summed E-state index contributed by atoms with van der Waals surface area (Å²) in [5, 5.41) is 7.82. The van der Waals surface area contributed by atoms with Gasteiger partial charge >= 0.3 is 0 Å². The highest BCUT2D eigenvalue weighted by Crippen LogP contribution is 2.29. The Balaban J connectivity index is 1.62. The topological polar surface area (TPSA) is 58.4 Å². The van der Waals surface area contributed by atoms with Gasteiger partial charge < -0.3 is 5.32 Å². The number of nitrogens with zero attached hydrogens (tertiary/aromatic N) is 5. The zero-order valence-corrected chi connectivity index (χ0v) is 15.7. The molecule has 28 heavy (non-hydrogen) atoms. The highest BCUT2D eigenvalue weighted by Gasteiger charge is 2.13. The molecule has 0 unspecified atom stereocenters. The number of piperazine rings is 1. The summed E-state index contributed by atoms with van der Waals surface area (Å²) in [5.74, 6) is 6.44. The summed E-state index contributed by atoms with van der Waals surface area (Å²) in [6.07, 6.45) is 10.8. The maximum absolute atomic E-state index is 4.61. The second-order valence-corrected chi connectivity index (χ2v) is 6.56. The molecule has 1 fully saturated rings. The van der Waals surface area contributed by atoms with E-state index in [2.05, 4.69) is 50.3 Å². The minimum absolute atomic E-state index is 0.772. The summed E-state index contributed by atoms with van der Waals surface area (Å²) in [7, 11) is 0. The van der Waals surface area contributed by atoms with E-state index >= 15 is 0 Å². The van der Waals surface area contributed by atoms with Gasteiger partial charge in [0.1, 0.15) is 0 Å². The van der Waals surface area contributed by atoms with Gasteiger partial charge in [-0.2, -0.15) is 5.10 Å². The molecule has 4 rings (SSSR count). The predicted molar refractivity (Wildman–Crippen MR) is 113 cm³/mol. The predicted octanol–water partition coefficient (Wildman–Crippen LogP) is 2.33. The zero-order valence-electron chi connectivity index (χ0n) is 15.7. The van der Waals surface area contributed by atoms with Crippen LogP contribution in [0.15, 0.2) is 44.0 Å². The van der Waals surface area contributed by atoms with Crippen LogP contribution in [0.1, 0.15) is 16.8 Å². The van der Waals surface area contributed by atoms with E-state index in [-0.39, 0.29) is 0 Å². The minimum Gasteiger partial charge on any atom is -0.314 e. The molecule has 140 valence electrons. The second-order valence-electron chi connectivity index (χ2n) is 6.56. The van der Waals surface area contributed by atoms with Crippen LogP contribution in [-0.2, 0) is 0 Å². The lowest BCUT2D eigenvalue weighted by molar-refractivity contribution is 0.268. The normalized spacial score (nSPS) is 14.4. The summed E-state index contributed by atoms with van der Waals surface area (Å²) < 4.78 is 1.77. The van der Waals surface area contributed by atoms with Gasteiger partial charge in [-0.15, -0.1) is 0 Å². The SMILES string of the molecule is C=Cc1nccc(-c2cnn3cc(C#CCN4CCNCC4)cnc23)c1C=C. The molecule has 4 heterocycles. The van der Waals surface area contributed by atoms with Crippen molar-refractivity contribution in [1.29, 1.82) is 0 Å². The standard InChI is InChI=1S/C22H22N6/c1-3-18-19(7-8-24-21(18)4-2)20-15-26-28-16-17(14-25-22(20)28)6-5-11-27-12-9-23-10-13-27/h3-4,7-8,14-16,23H,1-2,9-13H2. The molecule has 0 amide bonds. The van der Waals surface area contributed by atoms with Crippen LogP contribution in [-0.4, -0.2) is 57.2 Å². The smallest absolute Gasteiger partial charge is 0.162 e. The maximum atomic E-state index is 4.61. The van der Waals surface area contributed by atoms with Crippen molar-refractivity contribution in [2.45, 2.75) is 0 Å². The summed E-state index contributed by atoms with van der Waals surface area (Å²) in [4.78, 5) is 11.3. The first-order valence-electron chi connectivity index (χ1n) is 9.29. The van der Waals surface area contributed by atoms with Gasteiger partial charge in [0.2, 0.25) is 0 Å². The number of aromatic nitrogens is 4. The van der Waals surface area contributed by atoms with Gasteiger partial charge in [-0.05, 0) is 17.7 Å². The molecule has 3 aromatic heterocycles. The Bertz CT molecular complexity index is 1080. The quantitative estimate of drug-likeness (QED) is 0.715. The minimum atomic E-state index is 0.772. The van der Waals surface area contributed by atoms with Gasteiger partial charge in [0.25, 0.3) is 0 Å². The van der Waals surface area contributed by atoms with Crippen LogP contribution in [0.3, 0.4) is 0 Å². The molecule has 0 atom stereocenters. The molecule has 0 radical (unpaired) electrons. The molecule has 1 N–H and O–H groups in total. The van der Waals surface area contributed by atoms with Crippen molar-refractivity contribution in [2.24, 2.45) is 0 Å². The molecule has 0 saturated carbocycles. The first kappa shape index (κ1) is 18.1. The average Bonchev–Trinajstić information content (AvgIpc) is 3.17. The average molecular weight is 370 g/mol. The molecular formula is C22H22N6. The molecule has 0 aromatic carbocycles. The van der Waals surface area contributed by atoms with Crippen LogP contribution in [0.25, 0.3) is 28.9 Å². The van der Waals surface area contributed by atoms with E-state index < -0.39 is 0 Å². The molecule has 1 saturated heterocycles. The number of rotatable bonds is 4. The highest BCUT2D eigenvalue weighted by molar-refractivity contribution is 5.85. The second kappa shape index (κ2) is 8.17. The number of fused-ring (bicyclic) bond motifs is 1. The molecule has 0 spiro atoms. The van der Waals surface area contributed by atoms with Gasteiger partial charge in [-0.1, -0.05) is 31.1 Å². The Hall–Kier alpha value is -3.27. The molecule has 0 bridgehead atoms. The third-order valence-corrected chi connectivity index (χ3v) is 4.81. The number of nitrogens with one attached hydrogen (secondary N) is 1. The molecule has 3 aromatic rings. The molecule has 1 aliphatic rings. The fourth-order valence-electron chi connectivity index (χ4n) is 3.35. The summed E-state index contributed by atoms with van der Waals surface area (Å²) in [6.45, 7) is 12.7. The first-order chi connectivity index (χ1) is 13.8. The van der Waals surface area contributed by atoms with Crippen molar-refractivity contribution >= 4 is 17.8 Å². The maximum Gasteiger partial charge on any atom is 0.162 e. The zero-order chi connectivity index (χ0) is 19.3. The Labute approximate surface area is 164 Å². The lowest BCUT2D eigenvalue weighted by Gasteiger charge is -2.24. The van der Waals surface area contributed by atoms with E-state index in [1.165, 1.54) is 0 Å². The van der Waals surface area contributed by atoms with Gasteiger partial charge in [-0.3, -0.25) is 9.88 Å². The van der Waals surface area contributed by atoms with Crippen LogP contribution >= 0.6 is 0 Å². The van der Waals surface area contributed by atoms with E-state index in [9.17, 15) is 0 Å². The van der Waals surface area contributed by atoms with Crippen molar-refractivity contribution in [3.63, 3.8) is 0 Å². The monoisotopic (exact) mass is 370 g/mol. The van der Waals surface area contributed by atoms with Crippen LogP contribution in [0.2, 0.25) is 0 Å². The van der Waals surface area contributed by atoms with E-state index in [0.29, 0.717) is 0 Å². The van der Waals surface area contributed by atoms with E-state index in [1.807, 2.05) is 18.5 Å². The summed E-state index contributed by atoms with van der Waals surface area (Å²) >= 11 is 0. The van der Waals surface area contributed by atoms with Crippen LogP contribution < -0.4 is 5.32 Å². The molecular weight excluding hydrogens is 348 g/mol. The third-order valence-electron chi connectivity index (χ3n) is 4.81. The number of hydrogen-bond donors (Lipinski definition) is 1. The van der Waals surface area contributed by atoms with Crippen LogP contribution in [0, 0.1) is 11.8 Å². The van der Waals surface area contributed by atoms with Gasteiger partial charge in [-0.25, -0.2) is 9.50 Å². The lowest BCUT2D eigenvalue weighted by atomic mass is 10.0. The summed E-state index contributed by atoms with van der Waals surface area (Å²) in [6, 6.07) is 1.95. The third kappa shape index (κ3) is 3.58. The highest BCUT2D eigenvalue weighted by atomic mass is 15.2. The molecule has 6 heteroatoms. The van der Waals surface area contributed by atoms with Crippen molar-refractivity contribution < 1.29 is 0 Å². The summed E-state index contributed by atoms with van der Waals surface area (Å²) in [5.41, 5.74) is 5.26. The van der Waals surface area contributed by atoms with E-state index in [0.717, 1.165) is 66.3 Å². The first-order valence-corrected chi connectivity index (χ1v) is 9.29. The van der Waals surface area contributed by atoms with Gasteiger partial charge in [0, 0.05) is 55.9 Å². The fourth-order valence-corrected chi connectivity index (χ4v) is 3.35. The van der Waals surface area contributed by atoms with Crippen molar-refractivity contribution in [1.82, 2.24) is 29.8 Å². The van der Waals surface area contributed by atoms with E-state index in [1.54, 1.807) is 29.1 Å². The van der Waals surface area contributed by atoms with Crippen LogP contribution in [0.4, 0.5) is 0 Å². The van der Waals surface area contributed by atoms with Crippen molar-refractivity contribution in [3.8, 4) is 23.0 Å². The number of hydrogen-bond acceptors (Lipinski definition) is 5. The Morgan fingerprint density at radius 2 is 1.96 bits per heavy atom. The lowest BCUT2D eigenvalue weighted by Crippen LogP contribution is -2.43.